The molecule has 0 radical (unpaired) electrons. The van der Waals surface area contributed by atoms with E-state index in [4.69, 9.17) is 0 Å². The van der Waals surface area contributed by atoms with Gasteiger partial charge in [0.25, 0.3) is 11.6 Å². The molecule has 0 unspecified atom stereocenters. The number of halogens is 2. The summed E-state index contributed by atoms with van der Waals surface area (Å²) in [6.07, 6.45) is 2.97. The van der Waals surface area contributed by atoms with Gasteiger partial charge < -0.3 is 4.90 Å². The zero-order valence-corrected chi connectivity index (χ0v) is 18.0. The summed E-state index contributed by atoms with van der Waals surface area (Å²) in [4.78, 5) is 30.9. The molecule has 0 saturated carbocycles. The molecule has 1 heterocycles. The lowest BCUT2D eigenvalue weighted by atomic mass is 10.2. The van der Waals surface area contributed by atoms with Gasteiger partial charge in [-0.2, -0.15) is 0 Å². The number of benzene rings is 2. The van der Waals surface area contributed by atoms with Gasteiger partial charge in [0, 0.05) is 31.3 Å². The highest BCUT2D eigenvalue weighted by molar-refractivity contribution is 7.22. The number of nitrogens with zero attached hydrogens (tertiary/aromatic N) is 4. The second-order valence-corrected chi connectivity index (χ2v) is 7.57. The highest BCUT2D eigenvalue weighted by Crippen LogP contribution is 2.30. The second kappa shape index (κ2) is 10.2. The van der Waals surface area contributed by atoms with Crippen LogP contribution in [0.5, 0.6) is 0 Å². The van der Waals surface area contributed by atoms with Gasteiger partial charge in [-0.3, -0.25) is 19.8 Å². The third kappa shape index (κ3) is 5.59. The van der Waals surface area contributed by atoms with Gasteiger partial charge in [-0.1, -0.05) is 17.4 Å². The minimum atomic E-state index is -0.478. The van der Waals surface area contributed by atoms with Crippen molar-refractivity contribution in [1.82, 2.24) is 9.88 Å². The second-order valence-electron chi connectivity index (χ2n) is 6.56. The third-order valence-electron chi connectivity index (χ3n) is 4.15. The molecule has 10 heteroatoms. The fourth-order valence-electron chi connectivity index (χ4n) is 2.58. The minimum absolute atomic E-state index is 0. The number of fused-ring (bicyclic) bond motifs is 1. The zero-order valence-electron chi connectivity index (χ0n) is 16.3. The molecule has 3 aromatic rings. The Morgan fingerprint density at radius 3 is 2.50 bits per heavy atom. The monoisotopic (exact) mass is 450 g/mol. The average Bonchev–Trinajstić information content (AvgIpc) is 3.12. The molecule has 3 rings (SSSR count). The molecule has 0 aliphatic heterocycles. The van der Waals surface area contributed by atoms with Gasteiger partial charge in [0.2, 0.25) is 0 Å². The van der Waals surface area contributed by atoms with Crippen molar-refractivity contribution in [2.24, 2.45) is 0 Å². The van der Waals surface area contributed by atoms with Crippen LogP contribution in [0.25, 0.3) is 16.3 Å². The van der Waals surface area contributed by atoms with Crippen LogP contribution in [0.1, 0.15) is 5.56 Å². The summed E-state index contributed by atoms with van der Waals surface area (Å²) in [6.45, 7) is 0.993. The maximum Gasteiger partial charge on any atom is 0.269 e. The van der Waals surface area contributed by atoms with E-state index in [1.807, 2.05) is 19.0 Å². The Balaban J connectivity index is 0.00000320. The van der Waals surface area contributed by atoms with Gasteiger partial charge in [0.1, 0.15) is 11.3 Å². The standard InChI is InChI=1S/C20H19FN4O3S.ClH/c1-23(2)12-13-24(20-22-19-16(21)4-3-5-17(19)29-20)18(26)11-8-14-6-9-15(10-7-14)25(27)28;/h3-11H,12-13H2,1-2H3;1H. The molecule has 158 valence electrons. The molecule has 7 nitrogen and oxygen atoms in total. The normalized spacial score (nSPS) is 11.1. The van der Waals surface area contributed by atoms with Crippen LogP contribution in [0.3, 0.4) is 0 Å². The summed E-state index contributed by atoms with van der Waals surface area (Å²) in [5.74, 6) is -0.726. The Kier molecular flexibility index (Phi) is 7.99. The molecule has 0 aliphatic rings. The van der Waals surface area contributed by atoms with E-state index in [0.29, 0.717) is 28.5 Å². The Hall–Kier alpha value is -2.88. The molecule has 2 aromatic carbocycles. The van der Waals surface area contributed by atoms with E-state index in [2.05, 4.69) is 4.98 Å². The molecule has 0 fully saturated rings. The van der Waals surface area contributed by atoms with Gasteiger partial charge >= 0.3 is 0 Å². The number of hydrogen-bond donors (Lipinski definition) is 0. The molecular weight excluding hydrogens is 431 g/mol. The number of hydrogen-bond acceptors (Lipinski definition) is 6. The van der Waals surface area contributed by atoms with Gasteiger partial charge in [-0.05, 0) is 50.0 Å². The topological polar surface area (TPSA) is 79.6 Å². The molecule has 0 spiro atoms. The molecule has 0 bridgehead atoms. The maximum atomic E-state index is 14.0. The fourth-order valence-corrected chi connectivity index (χ4v) is 3.59. The van der Waals surface area contributed by atoms with E-state index < -0.39 is 10.7 Å². The molecule has 0 saturated heterocycles. The molecule has 1 aromatic heterocycles. The number of nitro groups is 1. The first-order chi connectivity index (χ1) is 13.8. The predicted molar refractivity (Wildman–Crippen MR) is 120 cm³/mol. The number of nitro benzene ring substituents is 1. The van der Waals surface area contributed by atoms with Crippen molar-refractivity contribution < 1.29 is 14.1 Å². The molecule has 30 heavy (non-hydrogen) atoms. The smallest absolute Gasteiger partial charge is 0.269 e. The van der Waals surface area contributed by atoms with E-state index in [1.165, 1.54) is 40.5 Å². The SMILES string of the molecule is CN(C)CCN(C(=O)C=Cc1ccc([N+](=O)[O-])cc1)c1nc2c(F)cccc2s1.Cl. The van der Waals surface area contributed by atoms with Crippen LogP contribution in [0.4, 0.5) is 15.2 Å². The number of non-ortho nitro benzene ring substituents is 1. The summed E-state index contributed by atoms with van der Waals surface area (Å²) in [7, 11) is 3.79. The molecular formula is C20H20ClFN4O3S. The molecule has 0 atom stereocenters. The van der Waals surface area contributed by atoms with Crippen molar-refractivity contribution >= 4 is 56.8 Å². The minimum Gasteiger partial charge on any atom is -0.308 e. The van der Waals surface area contributed by atoms with Gasteiger partial charge in [0.05, 0.1) is 9.62 Å². The number of para-hydroxylation sites is 1. The van der Waals surface area contributed by atoms with E-state index in [9.17, 15) is 19.3 Å². The van der Waals surface area contributed by atoms with Crippen LogP contribution in [0, 0.1) is 15.9 Å². The first-order valence-corrected chi connectivity index (χ1v) is 9.60. The fraction of sp³-hybridized carbons (Fsp3) is 0.200. The lowest BCUT2D eigenvalue weighted by Gasteiger charge is -2.20. The summed E-state index contributed by atoms with van der Waals surface area (Å²) < 4.78 is 14.7. The lowest BCUT2D eigenvalue weighted by molar-refractivity contribution is -0.384. The lowest BCUT2D eigenvalue weighted by Crippen LogP contribution is -2.35. The third-order valence-corrected chi connectivity index (χ3v) is 5.19. The number of anilines is 1. The van der Waals surface area contributed by atoms with Gasteiger partial charge in [-0.15, -0.1) is 12.4 Å². The van der Waals surface area contributed by atoms with Crippen molar-refractivity contribution in [2.45, 2.75) is 0 Å². The summed E-state index contributed by atoms with van der Waals surface area (Å²) in [5, 5.41) is 11.2. The first kappa shape index (κ1) is 23.4. The Morgan fingerprint density at radius 1 is 1.20 bits per heavy atom. The van der Waals surface area contributed by atoms with Crippen LogP contribution < -0.4 is 4.90 Å². The van der Waals surface area contributed by atoms with Crippen LogP contribution in [-0.4, -0.2) is 47.9 Å². The van der Waals surface area contributed by atoms with E-state index in [-0.39, 0.29) is 29.5 Å². The van der Waals surface area contributed by atoms with Crippen LogP contribution in [0.2, 0.25) is 0 Å². The summed E-state index contributed by atoms with van der Waals surface area (Å²) in [6, 6.07) is 10.6. The summed E-state index contributed by atoms with van der Waals surface area (Å²) >= 11 is 1.25. The number of amides is 1. The Morgan fingerprint density at radius 2 is 1.90 bits per heavy atom. The van der Waals surface area contributed by atoms with E-state index >= 15 is 0 Å². The van der Waals surface area contributed by atoms with E-state index in [0.717, 1.165) is 0 Å². The largest absolute Gasteiger partial charge is 0.308 e. The Labute approximate surface area is 183 Å². The van der Waals surface area contributed by atoms with Gasteiger partial charge in [-0.25, -0.2) is 9.37 Å². The van der Waals surface area contributed by atoms with Crippen molar-refractivity contribution in [3.8, 4) is 0 Å². The van der Waals surface area contributed by atoms with Crippen molar-refractivity contribution in [3.05, 3.63) is 70.0 Å². The number of carbonyl (C=O) groups excluding carboxylic acids is 1. The number of thiazole rings is 1. The molecule has 0 N–H and O–H groups in total. The summed E-state index contributed by atoms with van der Waals surface area (Å²) in [5.41, 5.74) is 0.888. The highest BCUT2D eigenvalue weighted by atomic mass is 35.5. The number of likely N-dealkylation sites (N-methyl/N-ethyl adjacent to an activating group) is 1. The van der Waals surface area contributed by atoms with Gasteiger partial charge in [0.15, 0.2) is 5.13 Å². The average molecular weight is 451 g/mol. The molecule has 0 aliphatic carbocycles. The zero-order chi connectivity index (χ0) is 21.0. The van der Waals surface area contributed by atoms with Crippen LogP contribution >= 0.6 is 23.7 Å². The quantitative estimate of drug-likeness (QED) is 0.303. The van der Waals surface area contributed by atoms with Crippen LogP contribution in [0.15, 0.2) is 48.5 Å². The first-order valence-electron chi connectivity index (χ1n) is 8.79. The van der Waals surface area contributed by atoms with Crippen molar-refractivity contribution in [2.75, 3.05) is 32.1 Å². The van der Waals surface area contributed by atoms with E-state index in [1.54, 1.807) is 30.3 Å². The maximum absolute atomic E-state index is 14.0. The number of carbonyl (C=O) groups is 1. The molecule has 1 amide bonds. The van der Waals surface area contributed by atoms with Crippen LogP contribution in [-0.2, 0) is 4.79 Å². The number of rotatable bonds is 7. The van der Waals surface area contributed by atoms with Crippen molar-refractivity contribution in [1.29, 1.82) is 0 Å². The highest BCUT2D eigenvalue weighted by Gasteiger charge is 2.19. The van der Waals surface area contributed by atoms with Crippen molar-refractivity contribution in [3.63, 3.8) is 0 Å². The Bertz CT molecular complexity index is 1070. The predicted octanol–water partition coefficient (Wildman–Crippen LogP) is 4.37. The number of aromatic nitrogens is 1.